The van der Waals surface area contributed by atoms with E-state index in [1.165, 1.54) is 4.90 Å². The number of esters is 1. The first-order valence-corrected chi connectivity index (χ1v) is 14.8. The summed E-state index contributed by atoms with van der Waals surface area (Å²) in [7, 11) is 0. The van der Waals surface area contributed by atoms with Gasteiger partial charge >= 0.3 is 11.9 Å². The number of carbonyl (C=O) groups is 3. The minimum absolute atomic E-state index is 0.101. The summed E-state index contributed by atoms with van der Waals surface area (Å²) in [5.74, 6) is -2.03. The zero-order chi connectivity index (χ0) is 31.7. The van der Waals surface area contributed by atoms with Crippen molar-refractivity contribution in [2.45, 2.75) is 40.7 Å². The minimum atomic E-state index is -1.13. The minimum Gasteiger partial charge on any atom is -0.505 e. The van der Waals surface area contributed by atoms with E-state index in [-0.39, 0.29) is 34.5 Å². The molecule has 228 valence electrons. The molecule has 1 amide bonds. The van der Waals surface area contributed by atoms with Gasteiger partial charge in [0.1, 0.15) is 22.8 Å². The van der Waals surface area contributed by atoms with Gasteiger partial charge in [0.25, 0.3) is 5.78 Å². The number of anilines is 1. The number of pyridine rings is 1. The molecule has 1 saturated heterocycles. The highest BCUT2D eigenvalue weighted by atomic mass is 32.1. The van der Waals surface area contributed by atoms with Crippen LogP contribution in [0.1, 0.15) is 57.8 Å². The molecule has 0 bridgehead atoms. The molecule has 4 aromatic rings. The van der Waals surface area contributed by atoms with Gasteiger partial charge in [0, 0.05) is 6.20 Å². The fraction of sp³-hybridized carbons (Fsp3) is 0.281. The number of benzene rings is 1. The second kappa shape index (κ2) is 12.3. The van der Waals surface area contributed by atoms with E-state index < -0.39 is 29.5 Å². The number of nitrogens with zero attached hydrogens (tertiary/aromatic N) is 4. The number of hydrogen-bond donors (Lipinski definition) is 1. The Kier molecular flexibility index (Phi) is 8.54. The average Bonchev–Trinajstić information content (AvgIpc) is 3.64. The molecule has 5 rings (SSSR count). The van der Waals surface area contributed by atoms with Gasteiger partial charge in [-0.3, -0.25) is 14.5 Å². The first kappa shape index (κ1) is 30.5. The van der Waals surface area contributed by atoms with Crippen molar-refractivity contribution in [3.8, 4) is 11.5 Å². The van der Waals surface area contributed by atoms with Crippen LogP contribution in [0.2, 0.25) is 0 Å². The van der Waals surface area contributed by atoms with Crippen molar-refractivity contribution < 1.29 is 33.7 Å². The predicted octanol–water partition coefficient (Wildman–Crippen LogP) is 5.48. The van der Waals surface area contributed by atoms with Gasteiger partial charge < -0.3 is 23.7 Å². The van der Waals surface area contributed by atoms with Crippen LogP contribution in [0.25, 0.3) is 11.4 Å². The highest BCUT2D eigenvalue weighted by Crippen LogP contribution is 2.46. The number of aromatic nitrogens is 3. The topological polar surface area (TPSA) is 133 Å². The van der Waals surface area contributed by atoms with Crippen LogP contribution in [0.15, 0.2) is 54.8 Å². The quantitative estimate of drug-likeness (QED) is 0.0808. The Bertz CT molecular complexity index is 1840. The van der Waals surface area contributed by atoms with E-state index >= 15 is 0 Å². The third-order valence-electron chi connectivity index (χ3n) is 7.14. The average molecular weight is 617 g/mol. The van der Waals surface area contributed by atoms with Crippen molar-refractivity contribution >= 4 is 45.5 Å². The number of Topliss-reactive ketones (excluding diaryl/α,β-unsaturated/α-hetero) is 1. The molecule has 4 heterocycles. The molecule has 0 spiro atoms. The van der Waals surface area contributed by atoms with Gasteiger partial charge in [-0.1, -0.05) is 36.1 Å². The van der Waals surface area contributed by atoms with Crippen LogP contribution in [0.3, 0.4) is 0 Å². The number of ether oxygens (including phenoxy) is 3. The van der Waals surface area contributed by atoms with Crippen LogP contribution in [0, 0.1) is 20.8 Å². The summed E-state index contributed by atoms with van der Waals surface area (Å²) >= 11 is 0.932. The molecule has 1 aliphatic heterocycles. The highest BCUT2D eigenvalue weighted by molar-refractivity contribution is 7.17. The van der Waals surface area contributed by atoms with Crippen LogP contribution in [-0.2, 0) is 14.3 Å². The van der Waals surface area contributed by atoms with Gasteiger partial charge in [0.05, 0.1) is 36.2 Å². The molecule has 1 N–H and O–H groups in total. The lowest BCUT2D eigenvalue weighted by Crippen LogP contribution is -2.29. The summed E-state index contributed by atoms with van der Waals surface area (Å²) in [6.07, 6.45) is 3.41. The Morgan fingerprint density at radius 1 is 1.09 bits per heavy atom. The molecule has 0 aliphatic carbocycles. The number of aliphatic hydroxyl groups excluding tert-OH is 1. The number of aryl methyl sites for hydroxylation is 3. The molecular weight excluding hydrogens is 584 g/mol. The van der Waals surface area contributed by atoms with Crippen molar-refractivity contribution in [2.24, 2.45) is 0 Å². The molecule has 12 heteroatoms. The Balaban J connectivity index is 1.75. The van der Waals surface area contributed by atoms with Crippen molar-refractivity contribution in [1.82, 2.24) is 14.4 Å². The normalized spacial score (nSPS) is 16.0. The highest BCUT2D eigenvalue weighted by Gasteiger charge is 2.49. The Morgan fingerprint density at radius 2 is 1.86 bits per heavy atom. The molecule has 11 nitrogen and oxygen atoms in total. The standard InChI is InChI=1S/C32H32N4O7S/c1-7-15-43-21-13-12-20(16-22(21)41-8-2)25-23(26(37)24-19(6)35-14-10-11-17(4)29(35)34-24)27(38)30(39)36(25)32-33-18(5)28(44-32)31(40)42-9-3/h7,10-14,16,25,37H,1,8-9,15H2,2-6H3/b26-23+. The van der Waals surface area contributed by atoms with Crippen molar-refractivity contribution in [2.75, 3.05) is 24.7 Å². The van der Waals surface area contributed by atoms with Gasteiger partial charge in [-0.25, -0.2) is 14.8 Å². The van der Waals surface area contributed by atoms with E-state index in [9.17, 15) is 19.5 Å². The second-order valence-corrected chi connectivity index (χ2v) is 10.9. The molecule has 1 aromatic carbocycles. The third kappa shape index (κ3) is 5.21. The summed E-state index contributed by atoms with van der Waals surface area (Å²) in [6, 6.07) is 7.63. The van der Waals surface area contributed by atoms with Crippen LogP contribution in [-0.4, -0.2) is 57.0 Å². The lowest BCUT2D eigenvalue weighted by molar-refractivity contribution is -0.132. The van der Waals surface area contributed by atoms with Crippen molar-refractivity contribution in [3.63, 3.8) is 0 Å². The summed E-state index contributed by atoms with van der Waals surface area (Å²) in [5.41, 5.74) is 2.85. The molecular formula is C32H32N4O7S. The van der Waals surface area contributed by atoms with Gasteiger partial charge in [0.15, 0.2) is 22.4 Å². The Hall–Kier alpha value is -4.97. The van der Waals surface area contributed by atoms with Crippen LogP contribution in [0.4, 0.5) is 5.13 Å². The zero-order valence-corrected chi connectivity index (χ0v) is 25.9. The van der Waals surface area contributed by atoms with Gasteiger partial charge in [-0.05, 0) is 63.9 Å². The van der Waals surface area contributed by atoms with E-state index in [1.807, 2.05) is 36.6 Å². The Morgan fingerprint density at radius 3 is 2.55 bits per heavy atom. The molecule has 1 fully saturated rings. The second-order valence-electron chi connectivity index (χ2n) is 9.97. The number of rotatable bonds is 10. The SMILES string of the molecule is C=CCOc1ccc(C2/C(=C(\O)c3nc4c(C)cccn4c3C)C(=O)C(=O)N2c2nc(C)c(C(=O)OCC)s2)cc1OCC. The molecule has 1 unspecified atom stereocenters. The molecule has 0 saturated carbocycles. The maximum Gasteiger partial charge on any atom is 0.350 e. The number of aliphatic hydroxyl groups is 1. The van der Waals surface area contributed by atoms with Gasteiger partial charge in [-0.2, -0.15) is 0 Å². The van der Waals surface area contributed by atoms with E-state index in [2.05, 4.69) is 16.5 Å². The summed E-state index contributed by atoms with van der Waals surface area (Å²) < 4.78 is 18.6. The van der Waals surface area contributed by atoms with Gasteiger partial charge in [-0.15, -0.1) is 0 Å². The van der Waals surface area contributed by atoms with Crippen molar-refractivity contribution in [3.05, 3.63) is 87.8 Å². The van der Waals surface area contributed by atoms with Crippen molar-refractivity contribution in [1.29, 1.82) is 0 Å². The summed E-state index contributed by atoms with van der Waals surface area (Å²) in [4.78, 5) is 50.7. The fourth-order valence-electron chi connectivity index (χ4n) is 5.12. The predicted molar refractivity (Wildman–Crippen MR) is 166 cm³/mol. The molecule has 1 atom stereocenters. The van der Waals surface area contributed by atoms with Crippen LogP contribution < -0.4 is 14.4 Å². The van der Waals surface area contributed by atoms with E-state index in [0.717, 1.165) is 16.9 Å². The van der Waals surface area contributed by atoms with E-state index in [0.29, 0.717) is 40.7 Å². The van der Waals surface area contributed by atoms with Crippen LogP contribution >= 0.6 is 11.3 Å². The lowest BCUT2D eigenvalue weighted by Gasteiger charge is -2.24. The summed E-state index contributed by atoms with van der Waals surface area (Å²) in [6.45, 7) is 13.2. The number of hydrogen-bond acceptors (Lipinski definition) is 10. The number of amides is 1. The number of imidazole rings is 1. The number of carbonyl (C=O) groups excluding carboxylic acids is 3. The largest absolute Gasteiger partial charge is 0.505 e. The molecule has 3 aromatic heterocycles. The van der Waals surface area contributed by atoms with E-state index in [1.54, 1.807) is 45.0 Å². The smallest absolute Gasteiger partial charge is 0.350 e. The maximum absolute atomic E-state index is 13.8. The number of thiazole rings is 1. The number of ketones is 1. The first-order valence-electron chi connectivity index (χ1n) is 14.0. The maximum atomic E-state index is 13.8. The Labute approximate surface area is 258 Å². The first-order chi connectivity index (χ1) is 21.1. The number of fused-ring (bicyclic) bond motifs is 1. The summed E-state index contributed by atoms with van der Waals surface area (Å²) in [5, 5.41) is 11.9. The molecule has 1 aliphatic rings. The lowest BCUT2D eigenvalue weighted by atomic mass is 9.96. The third-order valence-corrected chi connectivity index (χ3v) is 8.28. The molecule has 0 radical (unpaired) electrons. The monoisotopic (exact) mass is 616 g/mol. The molecule has 44 heavy (non-hydrogen) atoms. The van der Waals surface area contributed by atoms with Gasteiger partial charge in [0.2, 0.25) is 0 Å². The zero-order valence-electron chi connectivity index (χ0n) is 25.0. The fourth-order valence-corrected chi connectivity index (χ4v) is 6.11. The van der Waals surface area contributed by atoms with E-state index in [4.69, 9.17) is 14.2 Å². The van der Waals surface area contributed by atoms with Crippen LogP contribution in [0.5, 0.6) is 11.5 Å².